The molecule has 232 valence electrons. The summed E-state index contributed by atoms with van der Waals surface area (Å²) < 4.78 is 19.5. The maximum atomic E-state index is 12.8. The molecule has 40 heavy (non-hydrogen) atoms. The van der Waals surface area contributed by atoms with Crippen molar-refractivity contribution < 1.29 is 23.2 Å². The van der Waals surface area contributed by atoms with Crippen LogP contribution in [0.3, 0.4) is 0 Å². The third-order valence-corrected chi connectivity index (χ3v) is 19.2. The van der Waals surface area contributed by atoms with Crippen LogP contribution in [0, 0.1) is 0 Å². The van der Waals surface area contributed by atoms with E-state index >= 15 is 0 Å². The third-order valence-electron chi connectivity index (χ3n) is 8.49. The van der Waals surface area contributed by atoms with E-state index in [1.807, 2.05) is 19.1 Å². The average Bonchev–Trinajstić information content (AvgIpc) is 2.80. The zero-order chi connectivity index (χ0) is 31.3. The van der Waals surface area contributed by atoms with E-state index in [0.29, 0.717) is 29.5 Å². The Labute approximate surface area is 249 Å². The lowest BCUT2D eigenvalue weighted by Crippen LogP contribution is -2.51. The highest BCUT2D eigenvalue weighted by Gasteiger charge is 2.47. The summed E-state index contributed by atoms with van der Waals surface area (Å²) >= 11 is 0. The molecule has 0 saturated heterocycles. The van der Waals surface area contributed by atoms with Gasteiger partial charge in [0.1, 0.15) is 6.10 Å². The summed E-state index contributed by atoms with van der Waals surface area (Å²) in [5.41, 5.74) is 1.47. The number of carbonyl (C=O) groups is 2. The van der Waals surface area contributed by atoms with Crippen LogP contribution in [-0.4, -0.2) is 46.7 Å². The predicted molar refractivity (Wildman–Crippen MR) is 176 cm³/mol. The maximum absolute atomic E-state index is 12.8. The van der Waals surface area contributed by atoms with E-state index in [1.54, 1.807) is 6.08 Å². The van der Waals surface area contributed by atoms with Crippen molar-refractivity contribution in [2.45, 2.75) is 161 Å². The summed E-state index contributed by atoms with van der Waals surface area (Å²) in [7, 11) is -4.17. The van der Waals surface area contributed by atoms with E-state index < -0.39 is 28.7 Å². The van der Waals surface area contributed by atoms with Crippen molar-refractivity contribution in [3.05, 3.63) is 37.5 Å². The summed E-state index contributed by atoms with van der Waals surface area (Å²) in [6, 6.07) is 0. The fourth-order valence-corrected chi connectivity index (χ4v) is 12.5. The first-order valence-corrected chi connectivity index (χ1v) is 20.4. The first kappa shape index (κ1) is 38.7. The number of hydrogen-bond acceptors (Lipinski definition) is 5. The Bertz CT molecular complexity index is 801. The topological polar surface area (TPSA) is 61.8 Å². The Morgan fingerprint density at radius 1 is 0.850 bits per heavy atom. The molecule has 0 bridgehead atoms. The molecule has 0 heterocycles. The van der Waals surface area contributed by atoms with Gasteiger partial charge >= 0.3 is 5.97 Å². The molecule has 0 radical (unpaired) electrons. The summed E-state index contributed by atoms with van der Waals surface area (Å²) in [5, 5.41) is 0.0638. The normalized spacial score (nSPS) is 15.5. The van der Waals surface area contributed by atoms with Crippen molar-refractivity contribution in [1.82, 2.24) is 0 Å². The lowest BCUT2D eigenvalue weighted by atomic mass is 10.0. The second kappa shape index (κ2) is 17.6. The number of ether oxygens (including phenoxy) is 1. The molecule has 7 heteroatoms. The van der Waals surface area contributed by atoms with Crippen LogP contribution >= 0.6 is 0 Å². The molecule has 0 aromatic carbocycles. The first-order chi connectivity index (χ1) is 18.4. The lowest BCUT2D eigenvalue weighted by Gasteiger charge is -2.46. The van der Waals surface area contributed by atoms with Gasteiger partial charge in [-0.05, 0) is 66.5 Å². The van der Waals surface area contributed by atoms with E-state index in [0.717, 1.165) is 25.3 Å². The van der Waals surface area contributed by atoms with Crippen molar-refractivity contribution >= 4 is 28.4 Å². The molecule has 0 aliphatic carbocycles. The highest BCUT2D eigenvalue weighted by atomic mass is 28.4. The van der Waals surface area contributed by atoms with Gasteiger partial charge in [0, 0.05) is 12.5 Å². The van der Waals surface area contributed by atoms with Crippen LogP contribution in [0.5, 0.6) is 0 Å². The van der Waals surface area contributed by atoms with Gasteiger partial charge in [0.25, 0.3) is 0 Å². The smallest absolute Gasteiger partial charge is 0.330 e. The van der Waals surface area contributed by atoms with E-state index in [9.17, 15) is 9.59 Å². The molecular formula is C33H62O5Si2. The van der Waals surface area contributed by atoms with Crippen molar-refractivity contribution in [3.8, 4) is 0 Å². The van der Waals surface area contributed by atoms with Gasteiger partial charge in [-0.25, -0.2) is 4.79 Å². The molecule has 0 amide bonds. The van der Waals surface area contributed by atoms with E-state index in [4.69, 9.17) is 13.6 Å². The molecular weight excluding hydrogens is 533 g/mol. The fourth-order valence-electron chi connectivity index (χ4n) is 5.54. The zero-order valence-electron chi connectivity index (χ0n) is 28.0. The number of hydrogen-bond donors (Lipinski definition) is 0. The van der Waals surface area contributed by atoms with Gasteiger partial charge in [0.05, 0.1) is 12.2 Å². The second-order valence-electron chi connectivity index (χ2n) is 13.7. The van der Waals surface area contributed by atoms with E-state index in [-0.39, 0.29) is 29.5 Å². The van der Waals surface area contributed by atoms with Crippen LogP contribution in [0.15, 0.2) is 37.5 Å². The van der Waals surface area contributed by atoms with Gasteiger partial charge in [-0.1, -0.05) is 94.4 Å². The highest BCUT2D eigenvalue weighted by molar-refractivity contribution is 6.77. The van der Waals surface area contributed by atoms with Gasteiger partial charge < -0.3 is 13.6 Å². The Balaban J connectivity index is 6.00. The molecule has 0 fully saturated rings. The van der Waals surface area contributed by atoms with Gasteiger partial charge in [-0.2, -0.15) is 0 Å². The number of allylic oxidation sites excluding steroid dienone is 1. The van der Waals surface area contributed by atoms with Crippen molar-refractivity contribution in [2.75, 3.05) is 0 Å². The van der Waals surface area contributed by atoms with Crippen LogP contribution in [0.1, 0.15) is 108 Å². The van der Waals surface area contributed by atoms with Crippen molar-refractivity contribution in [3.63, 3.8) is 0 Å². The molecule has 0 rings (SSSR count). The minimum absolute atomic E-state index is 0.0162. The van der Waals surface area contributed by atoms with Gasteiger partial charge in [-0.3, -0.25) is 4.79 Å². The number of esters is 1. The van der Waals surface area contributed by atoms with Crippen LogP contribution in [0.4, 0.5) is 0 Å². The Kier molecular flexibility index (Phi) is 17.1. The second-order valence-corrected chi connectivity index (χ2v) is 23.8. The molecule has 0 aliphatic heterocycles. The minimum atomic E-state index is -2.09. The molecule has 3 atom stereocenters. The zero-order valence-corrected chi connectivity index (χ0v) is 30.0. The van der Waals surface area contributed by atoms with Crippen molar-refractivity contribution in [1.29, 1.82) is 0 Å². The summed E-state index contributed by atoms with van der Waals surface area (Å²) in [4.78, 5) is 24.5. The molecule has 0 spiro atoms. The minimum Gasteiger partial charge on any atom is -0.459 e. The SMILES string of the molecule is C=CC[C@H](C[C@@H](C/C=C/C(=O)C[C@H](CCC)OC(=O)C=C)O[Si](C)(C)C(C)(C)C)O[Si](C(C)C)(C(C)C)C(C)C. The quantitative estimate of drug-likeness (QED) is 0.0607. The van der Waals surface area contributed by atoms with Crippen LogP contribution in [-0.2, 0) is 23.2 Å². The molecule has 0 N–H and O–H groups in total. The summed E-state index contributed by atoms with van der Waals surface area (Å²) in [6.07, 6.45) is 9.98. The van der Waals surface area contributed by atoms with Gasteiger partial charge in [-0.15, -0.1) is 6.58 Å². The predicted octanol–water partition coefficient (Wildman–Crippen LogP) is 9.71. The first-order valence-electron chi connectivity index (χ1n) is 15.4. The molecule has 0 aromatic rings. The van der Waals surface area contributed by atoms with Crippen LogP contribution in [0.25, 0.3) is 0 Å². The van der Waals surface area contributed by atoms with E-state index in [2.05, 4.69) is 88.6 Å². The van der Waals surface area contributed by atoms with Crippen LogP contribution < -0.4 is 0 Å². The summed E-state index contributed by atoms with van der Waals surface area (Å²) in [5.74, 6) is -0.540. The highest BCUT2D eigenvalue weighted by Crippen LogP contribution is 2.44. The lowest BCUT2D eigenvalue weighted by molar-refractivity contribution is -0.144. The van der Waals surface area contributed by atoms with E-state index in [1.165, 1.54) is 0 Å². The monoisotopic (exact) mass is 594 g/mol. The molecule has 0 aromatic heterocycles. The average molecular weight is 595 g/mol. The Hall–Kier alpha value is -1.29. The number of ketones is 1. The van der Waals surface area contributed by atoms with Gasteiger partial charge in [0.15, 0.2) is 14.1 Å². The standard InChI is InChI=1S/C33H62O5Si2/c1-15-19-29(36-32(35)17-3)23-28(34)21-18-22-31(37-39(13,14)33(10,11)12)24-30(20-16-2)38-40(25(4)5,26(6)7)27(8)9/h16-18,21,25-27,29-31H,2-3,15,19-20,22-24H2,1,4-14H3/b21-18+/t29-,30+,31+/m0/s1. The molecule has 0 saturated carbocycles. The maximum Gasteiger partial charge on any atom is 0.330 e. The molecule has 0 unspecified atom stereocenters. The Morgan fingerprint density at radius 3 is 1.80 bits per heavy atom. The summed E-state index contributed by atoms with van der Waals surface area (Å²) in [6.45, 7) is 34.7. The number of rotatable bonds is 20. The fraction of sp³-hybridized carbons (Fsp3) is 0.758. The van der Waals surface area contributed by atoms with Crippen LogP contribution in [0.2, 0.25) is 34.8 Å². The number of carbonyl (C=O) groups excluding carboxylic acids is 2. The third kappa shape index (κ3) is 12.3. The molecule has 0 aliphatic rings. The van der Waals surface area contributed by atoms with Gasteiger partial charge in [0.2, 0.25) is 8.32 Å². The Morgan fingerprint density at radius 2 is 1.38 bits per heavy atom. The molecule has 5 nitrogen and oxygen atoms in total. The van der Waals surface area contributed by atoms with Crippen molar-refractivity contribution in [2.24, 2.45) is 0 Å². The largest absolute Gasteiger partial charge is 0.459 e.